The van der Waals surface area contributed by atoms with Gasteiger partial charge < -0.3 is 9.15 Å². The lowest BCUT2D eigenvalue weighted by atomic mass is 10.2. The van der Waals surface area contributed by atoms with Crippen LogP contribution in [-0.2, 0) is 21.3 Å². The zero-order chi connectivity index (χ0) is 21.8. The van der Waals surface area contributed by atoms with Crippen LogP contribution in [0.4, 0.5) is 0 Å². The summed E-state index contributed by atoms with van der Waals surface area (Å²) in [5.41, 5.74) is 1.58. The molecule has 1 aliphatic heterocycles. The van der Waals surface area contributed by atoms with E-state index in [9.17, 15) is 8.42 Å². The summed E-state index contributed by atoms with van der Waals surface area (Å²) in [7, 11) is -3.83. The van der Waals surface area contributed by atoms with Gasteiger partial charge in [-0.1, -0.05) is 17.7 Å². The first-order chi connectivity index (χ1) is 15.0. The third kappa shape index (κ3) is 4.97. The highest BCUT2D eigenvalue weighted by atomic mass is 35.5. The molecule has 160 valence electrons. The van der Waals surface area contributed by atoms with Gasteiger partial charge in [-0.2, -0.15) is 9.57 Å². The Morgan fingerprint density at radius 3 is 2.71 bits per heavy atom. The van der Waals surface area contributed by atoms with Crippen molar-refractivity contribution in [2.24, 2.45) is 0 Å². The van der Waals surface area contributed by atoms with Crippen LogP contribution in [0.15, 0.2) is 64.1 Å². The van der Waals surface area contributed by atoms with Crippen molar-refractivity contribution in [2.45, 2.75) is 30.4 Å². The fraction of sp³-hybridized carbons (Fsp3) is 0.273. The zero-order valence-electron chi connectivity index (χ0n) is 16.6. The highest BCUT2D eigenvalue weighted by Gasteiger charge is 2.30. The number of nitrogens with zero attached hydrogens (tertiary/aromatic N) is 3. The molecule has 1 fully saturated rings. The second kappa shape index (κ2) is 9.20. The zero-order valence-corrected chi connectivity index (χ0v) is 18.1. The van der Waals surface area contributed by atoms with Gasteiger partial charge in [0.15, 0.2) is 0 Å². The summed E-state index contributed by atoms with van der Waals surface area (Å²) in [6, 6.07) is 15.0. The van der Waals surface area contributed by atoms with Crippen LogP contribution in [0.5, 0.6) is 0 Å². The maximum absolute atomic E-state index is 13.4. The molecule has 2 aromatic carbocycles. The van der Waals surface area contributed by atoms with Crippen molar-refractivity contribution in [1.29, 1.82) is 5.26 Å². The SMILES string of the molecule is N#Cc1ccc(S(=O)(=O)N(Cc2coc(-c3cccc(Cl)c3)n2)CC2CCCO2)cc1. The number of benzene rings is 2. The monoisotopic (exact) mass is 457 g/mol. The lowest BCUT2D eigenvalue weighted by molar-refractivity contribution is 0.0924. The Hall–Kier alpha value is -2.70. The molecule has 1 aliphatic rings. The van der Waals surface area contributed by atoms with Gasteiger partial charge in [0.1, 0.15) is 6.26 Å². The topological polar surface area (TPSA) is 96.4 Å². The number of hydrogen-bond acceptors (Lipinski definition) is 6. The number of halogens is 1. The molecule has 0 N–H and O–H groups in total. The molecule has 0 aliphatic carbocycles. The fourth-order valence-corrected chi connectivity index (χ4v) is 5.06. The van der Waals surface area contributed by atoms with E-state index in [0.29, 0.717) is 34.3 Å². The van der Waals surface area contributed by atoms with E-state index in [1.165, 1.54) is 34.8 Å². The molecule has 0 bridgehead atoms. The van der Waals surface area contributed by atoms with Crippen molar-refractivity contribution in [3.8, 4) is 17.5 Å². The molecule has 4 rings (SSSR count). The minimum Gasteiger partial charge on any atom is -0.444 e. The molecule has 0 radical (unpaired) electrons. The van der Waals surface area contributed by atoms with Gasteiger partial charge in [-0.15, -0.1) is 0 Å². The molecule has 1 saturated heterocycles. The predicted octanol–water partition coefficient (Wildman–Crippen LogP) is 4.24. The van der Waals surface area contributed by atoms with Crippen molar-refractivity contribution < 1.29 is 17.6 Å². The van der Waals surface area contributed by atoms with Gasteiger partial charge in [-0.3, -0.25) is 0 Å². The third-order valence-electron chi connectivity index (χ3n) is 5.01. The first-order valence-corrected chi connectivity index (χ1v) is 11.6. The van der Waals surface area contributed by atoms with Crippen molar-refractivity contribution in [1.82, 2.24) is 9.29 Å². The molecule has 3 aromatic rings. The summed E-state index contributed by atoms with van der Waals surface area (Å²) in [6.45, 7) is 0.867. The molecule has 31 heavy (non-hydrogen) atoms. The Balaban J connectivity index is 1.61. The van der Waals surface area contributed by atoms with Crippen LogP contribution in [0.1, 0.15) is 24.1 Å². The van der Waals surface area contributed by atoms with Gasteiger partial charge in [0.05, 0.1) is 34.9 Å². The number of hydrogen-bond donors (Lipinski definition) is 0. The number of oxazole rings is 1. The average Bonchev–Trinajstić information content (AvgIpc) is 3.45. The minimum absolute atomic E-state index is 0.0340. The summed E-state index contributed by atoms with van der Waals surface area (Å²) in [5, 5.41) is 9.54. The summed E-state index contributed by atoms with van der Waals surface area (Å²) in [4.78, 5) is 4.57. The number of aromatic nitrogens is 1. The van der Waals surface area contributed by atoms with E-state index in [0.717, 1.165) is 12.8 Å². The molecule has 0 amide bonds. The Bertz CT molecular complexity index is 1200. The van der Waals surface area contributed by atoms with Crippen molar-refractivity contribution >= 4 is 21.6 Å². The summed E-state index contributed by atoms with van der Waals surface area (Å²) in [6.07, 6.45) is 2.98. The van der Waals surface area contributed by atoms with Crippen LogP contribution in [0.3, 0.4) is 0 Å². The van der Waals surface area contributed by atoms with E-state index in [4.69, 9.17) is 26.0 Å². The van der Waals surface area contributed by atoms with Crippen molar-refractivity contribution in [2.75, 3.05) is 13.2 Å². The molecular weight excluding hydrogens is 438 g/mol. The predicted molar refractivity (Wildman–Crippen MR) is 115 cm³/mol. The summed E-state index contributed by atoms with van der Waals surface area (Å²) in [5.74, 6) is 0.366. The van der Waals surface area contributed by atoms with E-state index in [-0.39, 0.29) is 24.1 Å². The number of ether oxygens (including phenoxy) is 1. The molecular formula is C22H20ClN3O4S. The molecule has 9 heteroatoms. The second-order valence-corrected chi connectivity index (χ2v) is 9.60. The van der Waals surface area contributed by atoms with E-state index in [1.807, 2.05) is 12.1 Å². The molecule has 0 spiro atoms. The first kappa shape index (κ1) is 21.5. The molecule has 1 aromatic heterocycles. The standard InChI is InChI=1S/C22H20ClN3O4S/c23-18-4-1-3-17(11-18)22-25-19(15-30-22)13-26(14-20-5-2-10-29-20)31(27,28)21-8-6-16(12-24)7-9-21/h1,3-4,6-9,11,15,20H,2,5,10,13-14H2. The van der Waals surface area contributed by atoms with Gasteiger partial charge in [-0.05, 0) is 55.3 Å². The maximum Gasteiger partial charge on any atom is 0.243 e. The number of rotatable bonds is 7. The Labute approximate surface area is 185 Å². The molecule has 7 nitrogen and oxygen atoms in total. The molecule has 2 heterocycles. The lowest BCUT2D eigenvalue weighted by Crippen LogP contribution is -2.37. The first-order valence-electron chi connectivity index (χ1n) is 9.78. The van der Waals surface area contributed by atoms with Gasteiger partial charge in [-0.25, -0.2) is 13.4 Å². The third-order valence-corrected chi connectivity index (χ3v) is 7.08. The smallest absolute Gasteiger partial charge is 0.243 e. The normalized spacial score (nSPS) is 16.5. The largest absolute Gasteiger partial charge is 0.444 e. The van der Waals surface area contributed by atoms with Gasteiger partial charge in [0, 0.05) is 23.7 Å². The lowest BCUT2D eigenvalue weighted by Gasteiger charge is -2.24. The average molecular weight is 458 g/mol. The van der Waals surface area contributed by atoms with E-state index < -0.39 is 10.0 Å². The molecule has 0 saturated carbocycles. The molecule has 1 unspecified atom stereocenters. The summed E-state index contributed by atoms with van der Waals surface area (Å²) < 4.78 is 39.3. The van der Waals surface area contributed by atoms with Crippen LogP contribution in [0, 0.1) is 11.3 Å². The Morgan fingerprint density at radius 1 is 1.23 bits per heavy atom. The van der Waals surface area contributed by atoms with Crippen molar-refractivity contribution in [3.05, 3.63) is 71.1 Å². The van der Waals surface area contributed by atoms with Gasteiger partial charge in [0.2, 0.25) is 15.9 Å². The van der Waals surface area contributed by atoms with E-state index in [1.54, 1.807) is 18.2 Å². The Kier molecular flexibility index (Phi) is 6.39. The van der Waals surface area contributed by atoms with Crippen LogP contribution >= 0.6 is 11.6 Å². The highest BCUT2D eigenvalue weighted by molar-refractivity contribution is 7.89. The van der Waals surface area contributed by atoms with E-state index in [2.05, 4.69) is 4.98 Å². The van der Waals surface area contributed by atoms with E-state index >= 15 is 0 Å². The summed E-state index contributed by atoms with van der Waals surface area (Å²) >= 11 is 6.04. The number of nitriles is 1. The maximum atomic E-state index is 13.4. The van der Waals surface area contributed by atoms with Crippen LogP contribution < -0.4 is 0 Å². The van der Waals surface area contributed by atoms with Gasteiger partial charge >= 0.3 is 0 Å². The minimum atomic E-state index is -3.83. The molecule has 1 atom stereocenters. The highest BCUT2D eigenvalue weighted by Crippen LogP contribution is 2.25. The fourth-order valence-electron chi connectivity index (χ4n) is 3.43. The van der Waals surface area contributed by atoms with Gasteiger partial charge in [0.25, 0.3) is 0 Å². The van der Waals surface area contributed by atoms with Crippen LogP contribution in [0.2, 0.25) is 5.02 Å². The number of sulfonamides is 1. The van der Waals surface area contributed by atoms with Crippen LogP contribution in [-0.4, -0.2) is 37.0 Å². The van der Waals surface area contributed by atoms with Crippen molar-refractivity contribution in [3.63, 3.8) is 0 Å². The Morgan fingerprint density at radius 2 is 2.03 bits per heavy atom. The van der Waals surface area contributed by atoms with Crippen LogP contribution in [0.25, 0.3) is 11.5 Å². The second-order valence-electron chi connectivity index (χ2n) is 7.22. The quantitative estimate of drug-likeness (QED) is 0.526.